The fourth-order valence-electron chi connectivity index (χ4n) is 1.88. The number of rotatable bonds is 8. The van der Waals surface area contributed by atoms with Crippen LogP contribution in [0.3, 0.4) is 0 Å². The number of nitrogens with zero attached hydrogens (tertiary/aromatic N) is 3. The first-order valence-electron chi connectivity index (χ1n) is 6.99. The molecule has 108 valence electrons. The Morgan fingerprint density at radius 2 is 2.15 bits per heavy atom. The summed E-state index contributed by atoms with van der Waals surface area (Å²) in [6, 6.07) is 8.14. The molecule has 0 aliphatic rings. The fraction of sp³-hybridized carbons (Fsp3) is 0.467. The molecule has 1 aromatic heterocycles. The minimum atomic E-state index is 0.588. The second kappa shape index (κ2) is 7.65. The molecular formula is C15H22N4O. The second-order valence-corrected chi connectivity index (χ2v) is 5.14. The van der Waals surface area contributed by atoms with E-state index in [1.807, 2.05) is 18.2 Å². The van der Waals surface area contributed by atoms with Gasteiger partial charge in [-0.1, -0.05) is 32.0 Å². The topological polar surface area (TPSA) is 52.0 Å². The standard InChI is InChI=1S/C15H22N4O/c1-13(2)9-16-10-14-5-3-4-6-15(14)20-8-7-19-12-17-11-18-19/h3-6,11-13,16H,7-10H2,1-2H3. The van der Waals surface area contributed by atoms with Gasteiger partial charge < -0.3 is 10.1 Å². The maximum absolute atomic E-state index is 5.84. The molecular weight excluding hydrogens is 252 g/mol. The van der Waals surface area contributed by atoms with Crippen molar-refractivity contribution in [2.75, 3.05) is 13.2 Å². The van der Waals surface area contributed by atoms with Crippen LogP contribution in [0.25, 0.3) is 0 Å². The number of hydrogen-bond acceptors (Lipinski definition) is 4. The van der Waals surface area contributed by atoms with Crippen molar-refractivity contribution in [2.45, 2.75) is 26.9 Å². The quantitative estimate of drug-likeness (QED) is 0.801. The summed E-state index contributed by atoms with van der Waals surface area (Å²) >= 11 is 0. The van der Waals surface area contributed by atoms with E-state index in [1.54, 1.807) is 11.0 Å². The van der Waals surface area contributed by atoms with Crippen LogP contribution in [-0.4, -0.2) is 27.9 Å². The SMILES string of the molecule is CC(C)CNCc1ccccc1OCCn1cncn1. The predicted molar refractivity (Wildman–Crippen MR) is 78.5 cm³/mol. The predicted octanol–water partition coefficient (Wildman–Crippen LogP) is 2.10. The van der Waals surface area contributed by atoms with E-state index in [0.717, 1.165) is 18.8 Å². The summed E-state index contributed by atoms with van der Waals surface area (Å²) < 4.78 is 7.60. The molecule has 5 heteroatoms. The Balaban J connectivity index is 1.83. The average Bonchev–Trinajstić information content (AvgIpc) is 2.93. The lowest BCUT2D eigenvalue weighted by Gasteiger charge is -2.13. The molecule has 1 aromatic carbocycles. The van der Waals surface area contributed by atoms with Gasteiger partial charge in [0.2, 0.25) is 0 Å². The minimum Gasteiger partial charge on any atom is -0.491 e. The van der Waals surface area contributed by atoms with Crippen molar-refractivity contribution in [3.63, 3.8) is 0 Å². The van der Waals surface area contributed by atoms with Gasteiger partial charge in [0.1, 0.15) is 25.0 Å². The summed E-state index contributed by atoms with van der Waals surface area (Å²) in [5.74, 6) is 1.58. The van der Waals surface area contributed by atoms with Gasteiger partial charge in [0.15, 0.2) is 0 Å². The molecule has 2 rings (SSSR count). The minimum absolute atomic E-state index is 0.588. The highest BCUT2D eigenvalue weighted by molar-refractivity contribution is 5.33. The van der Waals surface area contributed by atoms with Crippen LogP contribution in [0.4, 0.5) is 0 Å². The lowest BCUT2D eigenvalue weighted by molar-refractivity contribution is 0.287. The van der Waals surface area contributed by atoms with Crippen molar-refractivity contribution in [2.24, 2.45) is 5.92 Å². The summed E-state index contributed by atoms with van der Waals surface area (Å²) in [5, 5.41) is 7.49. The van der Waals surface area contributed by atoms with Gasteiger partial charge in [0.05, 0.1) is 6.54 Å². The van der Waals surface area contributed by atoms with Crippen LogP contribution in [0.2, 0.25) is 0 Å². The van der Waals surface area contributed by atoms with Crippen molar-refractivity contribution in [1.29, 1.82) is 0 Å². The second-order valence-electron chi connectivity index (χ2n) is 5.14. The maximum atomic E-state index is 5.84. The van der Waals surface area contributed by atoms with Gasteiger partial charge in [0, 0.05) is 12.1 Å². The van der Waals surface area contributed by atoms with Crippen LogP contribution >= 0.6 is 0 Å². The highest BCUT2D eigenvalue weighted by atomic mass is 16.5. The van der Waals surface area contributed by atoms with Gasteiger partial charge in [-0.25, -0.2) is 9.67 Å². The zero-order chi connectivity index (χ0) is 14.2. The van der Waals surface area contributed by atoms with Crippen LogP contribution in [0.1, 0.15) is 19.4 Å². The smallest absolute Gasteiger partial charge is 0.137 e. The number of ether oxygens (including phenoxy) is 1. The molecule has 20 heavy (non-hydrogen) atoms. The van der Waals surface area contributed by atoms with Gasteiger partial charge in [-0.05, 0) is 18.5 Å². The summed E-state index contributed by atoms with van der Waals surface area (Å²) in [7, 11) is 0. The van der Waals surface area contributed by atoms with E-state index in [9.17, 15) is 0 Å². The molecule has 1 heterocycles. The Morgan fingerprint density at radius 3 is 2.90 bits per heavy atom. The van der Waals surface area contributed by atoms with E-state index in [2.05, 4.69) is 35.3 Å². The fourth-order valence-corrected chi connectivity index (χ4v) is 1.88. The molecule has 0 saturated carbocycles. The Morgan fingerprint density at radius 1 is 1.30 bits per heavy atom. The Labute approximate surface area is 120 Å². The number of benzene rings is 1. The molecule has 0 amide bonds. The zero-order valence-corrected chi connectivity index (χ0v) is 12.1. The van der Waals surface area contributed by atoms with Gasteiger partial charge in [0.25, 0.3) is 0 Å². The van der Waals surface area contributed by atoms with Crippen LogP contribution < -0.4 is 10.1 Å². The third-order valence-corrected chi connectivity index (χ3v) is 2.89. The molecule has 2 aromatic rings. The van der Waals surface area contributed by atoms with Gasteiger partial charge in [-0.2, -0.15) is 5.10 Å². The number of hydrogen-bond donors (Lipinski definition) is 1. The summed E-state index contributed by atoms with van der Waals surface area (Å²) in [5.41, 5.74) is 1.19. The summed E-state index contributed by atoms with van der Waals surface area (Å²) in [6.45, 7) is 7.53. The van der Waals surface area contributed by atoms with E-state index in [1.165, 1.54) is 11.9 Å². The van der Waals surface area contributed by atoms with Crippen molar-refractivity contribution < 1.29 is 4.74 Å². The third-order valence-electron chi connectivity index (χ3n) is 2.89. The Hall–Kier alpha value is -1.88. The number of para-hydroxylation sites is 1. The number of aromatic nitrogens is 3. The maximum Gasteiger partial charge on any atom is 0.137 e. The highest BCUT2D eigenvalue weighted by Crippen LogP contribution is 2.17. The van der Waals surface area contributed by atoms with E-state index in [4.69, 9.17) is 4.74 Å². The van der Waals surface area contributed by atoms with E-state index in [0.29, 0.717) is 19.1 Å². The van der Waals surface area contributed by atoms with Crippen LogP contribution in [0, 0.1) is 5.92 Å². The first kappa shape index (κ1) is 14.5. The van der Waals surface area contributed by atoms with Gasteiger partial charge in [-0.3, -0.25) is 0 Å². The van der Waals surface area contributed by atoms with Gasteiger partial charge >= 0.3 is 0 Å². The molecule has 0 bridgehead atoms. The highest BCUT2D eigenvalue weighted by Gasteiger charge is 2.03. The Kier molecular flexibility index (Phi) is 5.55. The molecule has 0 radical (unpaired) electrons. The monoisotopic (exact) mass is 274 g/mol. The van der Waals surface area contributed by atoms with Crippen LogP contribution in [0.5, 0.6) is 5.75 Å². The van der Waals surface area contributed by atoms with E-state index < -0.39 is 0 Å². The first-order valence-corrected chi connectivity index (χ1v) is 6.99. The molecule has 1 N–H and O–H groups in total. The van der Waals surface area contributed by atoms with Gasteiger partial charge in [-0.15, -0.1) is 0 Å². The molecule has 0 unspecified atom stereocenters. The lowest BCUT2D eigenvalue weighted by Crippen LogP contribution is -2.19. The summed E-state index contributed by atoms with van der Waals surface area (Å²) in [4.78, 5) is 3.91. The normalized spacial score (nSPS) is 10.9. The largest absolute Gasteiger partial charge is 0.491 e. The first-order chi connectivity index (χ1) is 9.75. The Bertz CT molecular complexity index is 496. The molecule has 0 atom stereocenters. The zero-order valence-electron chi connectivity index (χ0n) is 12.1. The number of nitrogens with one attached hydrogen (secondary N) is 1. The lowest BCUT2D eigenvalue weighted by atomic mass is 10.2. The van der Waals surface area contributed by atoms with Crippen LogP contribution in [-0.2, 0) is 13.1 Å². The van der Waals surface area contributed by atoms with Crippen molar-refractivity contribution in [1.82, 2.24) is 20.1 Å². The van der Waals surface area contributed by atoms with E-state index in [-0.39, 0.29) is 0 Å². The van der Waals surface area contributed by atoms with Crippen molar-refractivity contribution in [3.8, 4) is 5.75 Å². The molecule has 0 spiro atoms. The molecule has 0 aliphatic carbocycles. The molecule has 0 fully saturated rings. The van der Waals surface area contributed by atoms with E-state index >= 15 is 0 Å². The average molecular weight is 274 g/mol. The molecule has 0 aliphatic heterocycles. The molecule has 0 saturated heterocycles. The van der Waals surface area contributed by atoms with Crippen molar-refractivity contribution >= 4 is 0 Å². The van der Waals surface area contributed by atoms with Crippen molar-refractivity contribution in [3.05, 3.63) is 42.5 Å². The third kappa shape index (κ3) is 4.66. The molecule has 5 nitrogen and oxygen atoms in total. The van der Waals surface area contributed by atoms with Crippen LogP contribution in [0.15, 0.2) is 36.9 Å². The summed E-state index contributed by atoms with van der Waals surface area (Å²) in [6.07, 6.45) is 3.23.